The molecule has 0 saturated carbocycles. The molecule has 1 aliphatic carbocycles. The highest BCUT2D eigenvalue weighted by Gasteiger charge is 2.30. The van der Waals surface area contributed by atoms with E-state index < -0.39 is 12.1 Å². The molecule has 0 bridgehead atoms. The maximum Gasteiger partial charge on any atom is 0.235 e. The predicted molar refractivity (Wildman–Crippen MR) is 47.0 cm³/mol. The largest absolute Gasteiger partial charge is 0.390 e. The highest BCUT2D eigenvalue weighted by molar-refractivity contribution is 5.41. The Labute approximate surface area is 75.7 Å². The van der Waals surface area contributed by atoms with E-state index in [1.807, 2.05) is 24.3 Å². The van der Waals surface area contributed by atoms with Crippen molar-refractivity contribution in [3.8, 4) is 0 Å². The fraction of sp³-hybridized carbons (Fsp3) is 0.300. The first kappa shape index (κ1) is 8.17. The maximum atomic E-state index is 10.1. The van der Waals surface area contributed by atoms with Crippen LogP contribution in [0.15, 0.2) is 29.3 Å². The third-order valence-corrected chi connectivity index (χ3v) is 2.36. The van der Waals surface area contributed by atoms with E-state index in [0.717, 1.165) is 11.1 Å². The van der Waals surface area contributed by atoms with Crippen molar-refractivity contribution in [1.82, 2.24) is 0 Å². The Bertz CT molecular complexity index is 369. The number of benzene rings is 1. The number of hydrogen-bond acceptors (Lipinski definition) is 3. The molecule has 0 saturated heterocycles. The monoisotopic (exact) mass is 175 g/mol. The van der Waals surface area contributed by atoms with Crippen LogP contribution in [0.1, 0.15) is 17.2 Å². The number of aliphatic imine (C=N–C) groups is 1. The Morgan fingerprint density at radius 1 is 1.46 bits per heavy atom. The van der Waals surface area contributed by atoms with Crippen LogP contribution in [0.3, 0.4) is 0 Å². The van der Waals surface area contributed by atoms with Crippen molar-refractivity contribution in [2.45, 2.75) is 18.6 Å². The van der Waals surface area contributed by atoms with Crippen LogP contribution in [0.2, 0.25) is 0 Å². The van der Waals surface area contributed by atoms with Crippen LogP contribution in [0.5, 0.6) is 0 Å². The van der Waals surface area contributed by atoms with Gasteiger partial charge >= 0.3 is 0 Å². The molecule has 2 rings (SSSR count). The van der Waals surface area contributed by atoms with Crippen LogP contribution < -0.4 is 0 Å². The molecule has 2 unspecified atom stereocenters. The number of rotatable bonds is 1. The molecule has 3 nitrogen and oxygen atoms in total. The molecule has 1 aromatic carbocycles. The lowest BCUT2D eigenvalue weighted by Gasteiger charge is -2.06. The van der Waals surface area contributed by atoms with E-state index in [9.17, 15) is 9.90 Å². The van der Waals surface area contributed by atoms with Gasteiger partial charge in [0.1, 0.15) is 6.04 Å². The van der Waals surface area contributed by atoms with Gasteiger partial charge in [-0.3, -0.25) is 0 Å². The molecule has 3 heteroatoms. The second-order valence-corrected chi connectivity index (χ2v) is 3.14. The van der Waals surface area contributed by atoms with Gasteiger partial charge in [0.05, 0.1) is 6.10 Å². The summed E-state index contributed by atoms with van der Waals surface area (Å²) in [7, 11) is 0. The molecule has 0 radical (unpaired) electrons. The smallest absolute Gasteiger partial charge is 0.235 e. The minimum atomic E-state index is -0.571. The average Bonchev–Trinajstić information content (AvgIpc) is 2.44. The molecule has 0 spiro atoms. The Morgan fingerprint density at radius 2 is 2.23 bits per heavy atom. The van der Waals surface area contributed by atoms with Gasteiger partial charge in [0.2, 0.25) is 6.08 Å². The summed E-state index contributed by atoms with van der Waals surface area (Å²) in [5.41, 5.74) is 2.01. The molecule has 0 amide bonds. The first-order valence-electron chi connectivity index (χ1n) is 4.16. The lowest BCUT2D eigenvalue weighted by molar-refractivity contribution is 0.159. The van der Waals surface area contributed by atoms with Gasteiger partial charge in [0.25, 0.3) is 0 Å². The summed E-state index contributed by atoms with van der Waals surface area (Å²) in [6.07, 6.45) is 1.50. The number of hydrogen-bond donors (Lipinski definition) is 1. The molecule has 1 aliphatic rings. The third-order valence-electron chi connectivity index (χ3n) is 2.36. The van der Waals surface area contributed by atoms with Crippen LogP contribution in [0.25, 0.3) is 0 Å². The predicted octanol–water partition coefficient (Wildman–Crippen LogP) is 0.981. The third kappa shape index (κ3) is 1.28. The van der Waals surface area contributed by atoms with Gasteiger partial charge in [0.15, 0.2) is 0 Å². The Balaban J connectivity index is 2.46. The molecular weight excluding hydrogens is 166 g/mol. The van der Waals surface area contributed by atoms with E-state index in [4.69, 9.17) is 0 Å². The second-order valence-electron chi connectivity index (χ2n) is 3.14. The van der Waals surface area contributed by atoms with Crippen LogP contribution >= 0.6 is 0 Å². The topological polar surface area (TPSA) is 49.7 Å². The van der Waals surface area contributed by atoms with Gasteiger partial charge in [-0.15, -0.1) is 0 Å². The molecule has 0 aromatic heterocycles. The Kier molecular flexibility index (Phi) is 1.97. The fourth-order valence-electron chi connectivity index (χ4n) is 1.77. The zero-order valence-corrected chi connectivity index (χ0v) is 6.97. The van der Waals surface area contributed by atoms with Crippen molar-refractivity contribution in [2.75, 3.05) is 0 Å². The van der Waals surface area contributed by atoms with E-state index in [2.05, 4.69) is 4.99 Å². The van der Waals surface area contributed by atoms with Crippen LogP contribution in [-0.4, -0.2) is 17.3 Å². The SMILES string of the molecule is O=C=NC1c2ccccc2CC1O. The first-order valence-corrected chi connectivity index (χ1v) is 4.16. The van der Waals surface area contributed by atoms with Crippen molar-refractivity contribution in [3.63, 3.8) is 0 Å². The number of aliphatic hydroxyl groups excluding tert-OH is 1. The summed E-state index contributed by atoms with van der Waals surface area (Å²) < 4.78 is 0. The van der Waals surface area contributed by atoms with Gasteiger partial charge in [-0.1, -0.05) is 24.3 Å². The molecule has 0 fully saturated rings. The summed E-state index contributed by atoms with van der Waals surface area (Å²) in [6.45, 7) is 0. The van der Waals surface area contributed by atoms with Crippen LogP contribution in [0, 0.1) is 0 Å². The van der Waals surface area contributed by atoms with E-state index in [1.54, 1.807) is 0 Å². The summed E-state index contributed by atoms with van der Waals surface area (Å²) in [4.78, 5) is 13.7. The molecule has 0 heterocycles. The lowest BCUT2D eigenvalue weighted by atomic mass is 10.1. The van der Waals surface area contributed by atoms with Gasteiger partial charge in [0, 0.05) is 6.42 Å². The van der Waals surface area contributed by atoms with Crippen molar-refractivity contribution >= 4 is 6.08 Å². The van der Waals surface area contributed by atoms with Crippen molar-refractivity contribution < 1.29 is 9.90 Å². The number of fused-ring (bicyclic) bond motifs is 1. The van der Waals surface area contributed by atoms with E-state index in [1.165, 1.54) is 6.08 Å². The summed E-state index contributed by atoms with van der Waals surface area (Å²) in [5.74, 6) is 0. The second kappa shape index (κ2) is 3.13. The maximum absolute atomic E-state index is 10.1. The minimum Gasteiger partial charge on any atom is -0.390 e. The summed E-state index contributed by atoms with van der Waals surface area (Å²) in [6, 6.07) is 7.22. The molecular formula is C10H9NO2. The average molecular weight is 175 g/mol. The minimum absolute atomic E-state index is 0.409. The molecule has 0 aliphatic heterocycles. The molecule has 2 atom stereocenters. The van der Waals surface area contributed by atoms with Crippen molar-refractivity contribution in [1.29, 1.82) is 0 Å². The number of aliphatic hydroxyl groups is 1. The lowest BCUT2D eigenvalue weighted by Crippen LogP contribution is -2.10. The number of carbonyl (C=O) groups excluding carboxylic acids is 1. The van der Waals surface area contributed by atoms with Gasteiger partial charge in [-0.2, -0.15) is 4.99 Å². The summed E-state index contributed by atoms with van der Waals surface area (Å²) >= 11 is 0. The normalized spacial score (nSPS) is 25.0. The summed E-state index contributed by atoms with van der Waals surface area (Å²) in [5, 5.41) is 9.57. The Hall–Kier alpha value is -1.44. The molecule has 66 valence electrons. The number of nitrogens with zero attached hydrogens (tertiary/aromatic N) is 1. The zero-order chi connectivity index (χ0) is 9.26. The fourth-order valence-corrected chi connectivity index (χ4v) is 1.77. The number of isocyanates is 1. The molecule has 1 aromatic rings. The van der Waals surface area contributed by atoms with Crippen LogP contribution in [-0.2, 0) is 11.2 Å². The highest BCUT2D eigenvalue weighted by Crippen LogP contribution is 2.33. The van der Waals surface area contributed by atoms with E-state index in [-0.39, 0.29) is 0 Å². The first-order chi connectivity index (χ1) is 6.33. The molecule has 13 heavy (non-hydrogen) atoms. The van der Waals surface area contributed by atoms with Gasteiger partial charge in [-0.05, 0) is 11.1 Å². The van der Waals surface area contributed by atoms with Gasteiger partial charge in [-0.25, -0.2) is 4.79 Å². The standard InChI is InChI=1S/C10H9NO2/c12-6-11-10-8-4-2-1-3-7(8)5-9(10)13/h1-4,9-10,13H,5H2. The van der Waals surface area contributed by atoms with Crippen molar-refractivity contribution in [2.24, 2.45) is 4.99 Å². The van der Waals surface area contributed by atoms with Gasteiger partial charge < -0.3 is 5.11 Å². The van der Waals surface area contributed by atoms with E-state index >= 15 is 0 Å². The van der Waals surface area contributed by atoms with Crippen molar-refractivity contribution in [3.05, 3.63) is 35.4 Å². The zero-order valence-electron chi connectivity index (χ0n) is 6.97. The Morgan fingerprint density at radius 3 is 3.00 bits per heavy atom. The van der Waals surface area contributed by atoms with E-state index in [0.29, 0.717) is 6.42 Å². The quantitative estimate of drug-likeness (QED) is 0.511. The highest BCUT2D eigenvalue weighted by atomic mass is 16.3. The van der Waals surface area contributed by atoms with Crippen LogP contribution in [0.4, 0.5) is 0 Å². The molecule has 1 N–H and O–H groups in total.